The Balaban J connectivity index is 1.95. The smallest absolute Gasteiger partial charge is 0.346 e. The van der Waals surface area contributed by atoms with E-state index in [1.54, 1.807) is 0 Å². The highest BCUT2D eigenvalue weighted by molar-refractivity contribution is 5.96. The maximum absolute atomic E-state index is 12.6. The van der Waals surface area contributed by atoms with Gasteiger partial charge in [-0.3, -0.25) is 0 Å². The number of phenolic OH excluding ortho intramolecular Hbond substituents is 3. The second kappa shape index (κ2) is 6.41. The summed E-state index contributed by atoms with van der Waals surface area (Å²) in [6.45, 7) is 1.38. The van der Waals surface area contributed by atoms with Gasteiger partial charge in [0.15, 0.2) is 0 Å². The largest absolute Gasteiger partial charge is 0.508 e. The fourth-order valence-corrected chi connectivity index (χ4v) is 3.06. The lowest BCUT2D eigenvalue weighted by molar-refractivity contribution is -0.0382. The van der Waals surface area contributed by atoms with Gasteiger partial charge in [0.2, 0.25) is 0 Å². The molecule has 0 atom stereocenters. The Hall–Kier alpha value is -2.73. The van der Waals surface area contributed by atoms with Crippen LogP contribution in [0.4, 0.5) is 0 Å². The summed E-state index contributed by atoms with van der Waals surface area (Å²) in [5, 5.41) is 32.4. The van der Waals surface area contributed by atoms with Crippen LogP contribution in [0.5, 0.6) is 17.2 Å². The van der Waals surface area contributed by atoms with Crippen LogP contribution in [0.15, 0.2) is 42.5 Å². The molecule has 6 heteroatoms. The summed E-state index contributed by atoms with van der Waals surface area (Å²) in [6.07, 6.45) is 1.17. The Bertz CT molecular complexity index is 715. The number of carbonyl (C=O) groups excluding carboxylic acids is 1. The van der Waals surface area contributed by atoms with Crippen molar-refractivity contribution >= 4 is 5.97 Å². The number of rotatable bonds is 3. The molecule has 1 fully saturated rings. The Morgan fingerprint density at radius 2 is 1.58 bits per heavy atom. The number of hydrogen-bond donors (Lipinski definition) is 4. The molecule has 3 rings (SSSR count). The van der Waals surface area contributed by atoms with Crippen molar-refractivity contribution in [3.05, 3.63) is 53.6 Å². The number of benzene rings is 2. The second-order valence-corrected chi connectivity index (χ2v) is 5.86. The first kappa shape index (κ1) is 16.1. The molecule has 0 radical (unpaired) electrons. The van der Waals surface area contributed by atoms with Gasteiger partial charge in [-0.15, -0.1) is 0 Å². The zero-order valence-electron chi connectivity index (χ0n) is 13.0. The normalized spacial score (nSPS) is 16.5. The van der Waals surface area contributed by atoms with Gasteiger partial charge in [-0.25, -0.2) is 4.79 Å². The van der Waals surface area contributed by atoms with Crippen LogP contribution in [0.3, 0.4) is 0 Å². The van der Waals surface area contributed by atoms with E-state index in [1.807, 2.05) is 30.3 Å². The van der Waals surface area contributed by atoms with E-state index in [9.17, 15) is 20.1 Å². The molecule has 1 saturated heterocycles. The topological polar surface area (TPSA) is 99.0 Å². The average molecular weight is 329 g/mol. The first-order chi connectivity index (χ1) is 11.5. The molecule has 1 aliphatic heterocycles. The van der Waals surface area contributed by atoms with Crippen LogP contribution in [0.25, 0.3) is 0 Å². The van der Waals surface area contributed by atoms with Gasteiger partial charge in [-0.2, -0.15) is 0 Å². The van der Waals surface area contributed by atoms with Gasteiger partial charge < -0.3 is 25.4 Å². The third-order valence-electron chi connectivity index (χ3n) is 4.28. The fraction of sp³-hybridized carbons (Fsp3) is 0.278. The minimum Gasteiger partial charge on any atom is -0.508 e. The molecule has 6 nitrogen and oxygen atoms in total. The van der Waals surface area contributed by atoms with E-state index in [2.05, 4.69) is 5.32 Å². The highest BCUT2D eigenvalue weighted by Gasteiger charge is 2.39. The van der Waals surface area contributed by atoms with Gasteiger partial charge in [-0.05, 0) is 18.7 Å². The van der Waals surface area contributed by atoms with Crippen molar-refractivity contribution in [3.63, 3.8) is 0 Å². The van der Waals surface area contributed by atoms with Gasteiger partial charge in [0.25, 0.3) is 0 Å². The standard InChI is InChI=1S/C18H19NO5/c20-13-10-14(21)16(15(22)11-13)17(23)24-18(6-8-19-9-7-18)12-4-2-1-3-5-12/h1-5,10-11,19-22H,6-9H2. The zero-order valence-corrected chi connectivity index (χ0v) is 13.0. The molecular formula is C18H19NO5. The molecule has 126 valence electrons. The van der Waals surface area contributed by atoms with E-state index in [-0.39, 0.29) is 11.3 Å². The third kappa shape index (κ3) is 3.00. The predicted molar refractivity (Wildman–Crippen MR) is 87.1 cm³/mol. The number of nitrogens with one attached hydrogen (secondary N) is 1. The number of ether oxygens (including phenoxy) is 1. The number of carbonyl (C=O) groups is 1. The van der Waals surface area contributed by atoms with Crippen molar-refractivity contribution in [2.45, 2.75) is 18.4 Å². The summed E-state index contributed by atoms with van der Waals surface area (Å²) in [6, 6.07) is 11.4. The van der Waals surface area contributed by atoms with Gasteiger partial charge in [0, 0.05) is 25.0 Å². The molecule has 0 saturated carbocycles. The summed E-state index contributed by atoms with van der Waals surface area (Å²) >= 11 is 0. The summed E-state index contributed by atoms with van der Waals surface area (Å²) in [4.78, 5) is 12.6. The van der Waals surface area contributed by atoms with Crippen LogP contribution in [0.1, 0.15) is 28.8 Å². The monoisotopic (exact) mass is 329 g/mol. The molecule has 1 heterocycles. The number of esters is 1. The lowest BCUT2D eigenvalue weighted by Gasteiger charge is -2.37. The number of hydrogen-bond acceptors (Lipinski definition) is 6. The lowest BCUT2D eigenvalue weighted by Crippen LogP contribution is -2.43. The van der Waals surface area contributed by atoms with Crippen molar-refractivity contribution in [1.82, 2.24) is 5.32 Å². The maximum Gasteiger partial charge on any atom is 0.346 e. The third-order valence-corrected chi connectivity index (χ3v) is 4.28. The number of aromatic hydroxyl groups is 3. The molecule has 0 unspecified atom stereocenters. The quantitative estimate of drug-likeness (QED) is 0.645. The summed E-state index contributed by atoms with van der Waals surface area (Å²) < 4.78 is 5.77. The SMILES string of the molecule is O=C(OC1(c2ccccc2)CCNCC1)c1c(O)cc(O)cc1O. The van der Waals surface area contributed by atoms with Gasteiger partial charge in [0.05, 0.1) is 0 Å². The molecule has 2 aromatic rings. The van der Waals surface area contributed by atoms with Crippen molar-refractivity contribution in [2.75, 3.05) is 13.1 Å². The Morgan fingerprint density at radius 1 is 1.00 bits per heavy atom. The van der Waals surface area contributed by atoms with Crippen molar-refractivity contribution in [2.24, 2.45) is 0 Å². The van der Waals surface area contributed by atoms with Gasteiger partial charge in [-0.1, -0.05) is 30.3 Å². The van der Waals surface area contributed by atoms with E-state index < -0.39 is 23.1 Å². The van der Waals surface area contributed by atoms with E-state index in [0.29, 0.717) is 25.9 Å². The zero-order chi connectivity index (χ0) is 17.2. The van der Waals surface area contributed by atoms with E-state index in [4.69, 9.17) is 4.74 Å². The second-order valence-electron chi connectivity index (χ2n) is 5.86. The lowest BCUT2D eigenvalue weighted by atomic mass is 9.84. The van der Waals surface area contributed by atoms with Crippen LogP contribution in [-0.4, -0.2) is 34.4 Å². The Morgan fingerprint density at radius 3 is 2.17 bits per heavy atom. The molecule has 0 aromatic heterocycles. The Labute approximate surface area is 139 Å². The van der Waals surface area contributed by atoms with Crippen molar-refractivity contribution < 1.29 is 24.9 Å². The number of piperidine rings is 1. The molecule has 0 aliphatic carbocycles. The van der Waals surface area contributed by atoms with E-state index in [0.717, 1.165) is 17.7 Å². The van der Waals surface area contributed by atoms with E-state index in [1.165, 1.54) is 0 Å². The van der Waals surface area contributed by atoms with Crippen molar-refractivity contribution in [1.29, 1.82) is 0 Å². The van der Waals surface area contributed by atoms with Gasteiger partial charge in [0.1, 0.15) is 28.4 Å². The highest BCUT2D eigenvalue weighted by Crippen LogP contribution is 2.39. The fourth-order valence-electron chi connectivity index (χ4n) is 3.06. The van der Waals surface area contributed by atoms with Gasteiger partial charge >= 0.3 is 5.97 Å². The minimum absolute atomic E-state index is 0.332. The molecule has 2 aromatic carbocycles. The molecule has 0 bridgehead atoms. The molecule has 1 aliphatic rings. The van der Waals surface area contributed by atoms with E-state index >= 15 is 0 Å². The Kier molecular flexibility index (Phi) is 4.31. The predicted octanol–water partition coefficient (Wildman–Crippen LogP) is 2.24. The highest BCUT2D eigenvalue weighted by atomic mass is 16.6. The first-order valence-corrected chi connectivity index (χ1v) is 7.76. The van der Waals surface area contributed by atoms with Crippen LogP contribution >= 0.6 is 0 Å². The molecular weight excluding hydrogens is 310 g/mol. The molecule has 0 amide bonds. The van der Waals surface area contributed by atoms with Crippen LogP contribution in [0.2, 0.25) is 0 Å². The maximum atomic E-state index is 12.6. The van der Waals surface area contributed by atoms with Crippen LogP contribution in [0, 0.1) is 0 Å². The number of phenols is 3. The molecule has 24 heavy (non-hydrogen) atoms. The summed E-state index contributed by atoms with van der Waals surface area (Å²) in [5.74, 6) is -2.19. The van der Waals surface area contributed by atoms with Crippen LogP contribution in [-0.2, 0) is 10.3 Å². The average Bonchev–Trinajstić information content (AvgIpc) is 2.55. The summed E-state index contributed by atoms with van der Waals surface area (Å²) in [5.41, 5.74) is -0.292. The van der Waals surface area contributed by atoms with Crippen molar-refractivity contribution in [3.8, 4) is 17.2 Å². The molecule has 0 spiro atoms. The first-order valence-electron chi connectivity index (χ1n) is 7.76. The minimum atomic E-state index is -0.823. The van der Waals surface area contributed by atoms with Crippen LogP contribution < -0.4 is 5.32 Å². The summed E-state index contributed by atoms with van der Waals surface area (Å²) in [7, 11) is 0. The molecule has 4 N–H and O–H groups in total.